The van der Waals surface area contributed by atoms with Crippen LogP contribution >= 0.6 is 0 Å². The number of rotatable bonds is 2. The average Bonchev–Trinajstić information content (AvgIpc) is 2.07. The third-order valence-corrected chi connectivity index (χ3v) is 2.50. The minimum absolute atomic E-state index is 0.315. The number of hydrogen-bond donors (Lipinski definition) is 1. The highest BCUT2D eigenvalue weighted by molar-refractivity contribution is 5.73. The third kappa shape index (κ3) is 2.13. The van der Waals surface area contributed by atoms with Gasteiger partial charge in [0.15, 0.2) is 0 Å². The minimum Gasteiger partial charge on any atom is -0.351 e. The van der Waals surface area contributed by atoms with Gasteiger partial charge in [-0.15, -0.1) is 0 Å². The summed E-state index contributed by atoms with van der Waals surface area (Å²) in [6.07, 6.45) is 5.96. The van der Waals surface area contributed by atoms with Gasteiger partial charge in [-0.3, -0.25) is 0 Å². The van der Waals surface area contributed by atoms with Crippen molar-refractivity contribution in [3.63, 3.8) is 0 Å². The Morgan fingerprint density at radius 3 is 2.42 bits per heavy atom. The van der Waals surface area contributed by atoms with Gasteiger partial charge in [0.25, 0.3) is 0 Å². The lowest BCUT2D eigenvalue weighted by atomic mass is 9.94. The van der Waals surface area contributed by atoms with Crippen LogP contribution in [0.15, 0.2) is 0 Å². The van der Waals surface area contributed by atoms with E-state index < -0.39 is 0 Å². The van der Waals surface area contributed by atoms with Crippen molar-refractivity contribution >= 4 is 6.03 Å². The van der Waals surface area contributed by atoms with Crippen LogP contribution in [-0.4, -0.2) is 17.0 Å². The molecule has 3 heteroatoms. The highest BCUT2D eigenvalue weighted by Gasteiger charge is 2.22. The van der Waals surface area contributed by atoms with Gasteiger partial charge in [0.1, 0.15) is 0 Å². The zero-order valence-corrected chi connectivity index (χ0v) is 7.62. The summed E-state index contributed by atoms with van der Waals surface area (Å²) in [5.74, 6) is 0. The fraction of sp³-hybridized carbons (Fsp3) is 0.778. The van der Waals surface area contributed by atoms with Crippen molar-refractivity contribution in [3.8, 4) is 0 Å². The maximum absolute atomic E-state index is 10.9. The smallest absolute Gasteiger partial charge is 0.315 e. The Morgan fingerprint density at radius 1 is 1.42 bits per heavy atom. The van der Waals surface area contributed by atoms with Crippen LogP contribution < -0.4 is 5.73 Å². The van der Waals surface area contributed by atoms with Crippen molar-refractivity contribution < 1.29 is 4.79 Å². The van der Waals surface area contributed by atoms with Crippen molar-refractivity contribution in [3.05, 3.63) is 6.54 Å². The van der Waals surface area contributed by atoms with E-state index in [4.69, 9.17) is 5.73 Å². The Hall–Kier alpha value is -0.730. The van der Waals surface area contributed by atoms with Crippen molar-refractivity contribution in [2.24, 2.45) is 5.73 Å². The number of hydrogen-bond acceptors (Lipinski definition) is 1. The van der Waals surface area contributed by atoms with Crippen molar-refractivity contribution in [2.45, 2.75) is 45.1 Å². The van der Waals surface area contributed by atoms with Gasteiger partial charge < -0.3 is 10.6 Å². The van der Waals surface area contributed by atoms with Crippen LogP contribution in [0.2, 0.25) is 0 Å². The Labute approximate surface area is 73.9 Å². The van der Waals surface area contributed by atoms with Crippen LogP contribution in [0.1, 0.15) is 39.0 Å². The van der Waals surface area contributed by atoms with E-state index in [1.807, 2.05) is 6.92 Å². The average molecular weight is 169 g/mol. The number of nitrogens with zero attached hydrogens (tertiary/aromatic N) is 1. The molecule has 0 unspecified atom stereocenters. The second-order valence-electron chi connectivity index (χ2n) is 3.30. The predicted octanol–water partition coefficient (Wildman–Crippen LogP) is 1.88. The predicted molar refractivity (Wildman–Crippen MR) is 48.3 cm³/mol. The largest absolute Gasteiger partial charge is 0.351 e. The molecular weight excluding hydrogens is 152 g/mol. The summed E-state index contributed by atoms with van der Waals surface area (Å²) in [5.41, 5.74) is 5.23. The fourth-order valence-electron chi connectivity index (χ4n) is 1.88. The van der Waals surface area contributed by atoms with E-state index in [-0.39, 0.29) is 6.03 Å². The van der Waals surface area contributed by atoms with Gasteiger partial charge in [-0.1, -0.05) is 19.3 Å². The SMILES string of the molecule is C[CH]N(C(N)=O)C1CCCCC1. The zero-order chi connectivity index (χ0) is 8.97. The minimum atomic E-state index is -0.315. The Morgan fingerprint density at radius 2 is 2.00 bits per heavy atom. The molecule has 69 valence electrons. The topological polar surface area (TPSA) is 46.3 Å². The number of nitrogens with two attached hydrogens (primary N) is 1. The number of carbonyl (C=O) groups excluding carboxylic acids is 1. The summed E-state index contributed by atoms with van der Waals surface area (Å²) >= 11 is 0. The molecule has 1 radical (unpaired) electrons. The van der Waals surface area contributed by atoms with Gasteiger partial charge in [0.05, 0.1) is 6.54 Å². The number of amides is 2. The molecule has 0 aromatic carbocycles. The second-order valence-corrected chi connectivity index (χ2v) is 3.30. The maximum atomic E-state index is 10.9. The molecule has 0 atom stereocenters. The molecule has 0 aromatic rings. The molecule has 0 saturated heterocycles. The molecular formula is C9H17N2O. The third-order valence-electron chi connectivity index (χ3n) is 2.50. The van der Waals surface area contributed by atoms with Gasteiger partial charge >= 0.3 is 6.03 Å². The van der Waals surface area contributed by atoms with E-state index in [0.717, 1.165) is 12.8 Å². The first-order valence-corrected chi connectivity index (χ1v) is 4.63. The van der Waals surface area contributed by atoms with Crippen LogP contribution in [-0.2, 0) is 0 Å². The van der Waals surface area contributed by atoms with Crippen LogP contribution in [0.3, 0.4) is 0 Å². The van der Waals surface area contributed by atoms with Crippen molar-refractivity contribution in [2.75, 3.05) is 0 Å². The van der Waals surface area contributed by atoms with Crippen LogP contribution in [0.4, 0.5) is 4.79 Å². The number of primary amides is 1. The molecule has 1 fully saturated rings. The molecule has 1 saturated carbocycles. The Kier molecular flexibility index (Phi) is 3.38. The molecule has 2 N–H and O–H groups in total. The van der Waals surface area contributed by atoms with Crippen LogP contribution in [0.5, 0.6) is 0 Å². The molecule has 0 aromatic heterocycles. The van der Waals surface area contributed by atoms with Crippen LogP contribution in [0, 0.1) is 6.54 Å². The van der Waals surface area contributed by atoms with E-state index in [2.05, 4.69) is 0 Å². The van der Waals surface area contributed by atoms with Gasteiger partial charge in [0, 0.05) is 6.04 Å². The Bertz CT molecular complexity index is 153. The summed E-state index contributed by atoms with van der Waals surface area (Å²) < 4.78 is 0. The van der Waals surface area contributed by atoms with Crippen molar-refractivity contribution in [1.82, 2.24) is 4.90 Å². The van der Waals surface area contributed by atoms with E-state index >= 15 is 0 Å². The molecule has 0 aliphatic heterocycles. The maximum Gasteiger partial charge on any atom is 0.315 e. The number of carbonyl (C=O) groups is 1. The lowest BCUT2D eigenvalue weighted by molar-refractivity contribution is 0.184. The first kappa shape index (κ1) is 9.36. The summed E-state index contributed by atoms with van der Waals surface area (Å²) in [7, 11) is 0. The zero-order valence-electron chi connectivity index (χ0n) is 7.62. The highest BCUT2D eigenvalue weighted by Crippen LogP contribution is 2.22. The molecule has 1 rings (SSSR count). The molecule has 1 aliphatic rings. The second kappa shape index (κ2) is 4.33. The lowest BCUT2D eigenvalue weighted by Crippen LogP contribution is -2.42. The molecule has 0 heterocycles. The molecule has 0 spiro atoms. The van der Waals surface area contributed by atoms with Gasteiger partial charge in [-0.2, -0.15) is 0 Å². The fourth-order valence-corrected chi connectivity index (χ4v) is 1.88. The van der Waals surface area contributed by atoms with E-state index in [1.165, 1.54) is 19.3 Å². The molecule has 3 nitrogen and oxygen atoms in total. The van der Waals surface area contributed by atoms with Crippen LogP contribution in [0.25, 0.3) is 0 Å². The van der Waals surface area contributed by atoms with E-state index in [0.29, 0.717) is 6.04 Å². The summed E-state index contributed by atoms with van der Waals surface area (Å²) in [6, 6.07) is 0.0469. The van der Waals surface area contributed by atoms with E-state index in [9.17, 15) is 4.79 Å². The normalized spacial score (nSPS) is 19.1. The first-order valence-electron chi connectivity index (χ1n) is 4.63. The monoisotopic (exact) mass is 169 g/mol. The van der Waals surface area contributed by atoms with Crippen molar-refractivity contribution in [1.29, 1.82) is 0 Å². The summed E-state index contributed by atoms with van der Waals surface area (Å²) in [4.78, 5) is 12.6. The van der Waals surface area contributed by atoms with Gasteiger partial charge in [-0.05, 0) is 19.8 Å². The molecule has 12 heavy (non-hydrogen) atoms. The molecule has 1 aliphatic carbocycles. The highest BCUT2D eigenvalue weighted by atomic mass is 16.2. The van der Waals surface area contributed by atoms with Gasteiger partial charge in [0.2, 0.25) is 0 Å². The first-order chi connectivity index (χ1) is 5.75. The lowest BCUT2D eigenvalue weighted by Gasteiger charge is -2.31. The van der Waals surface area contributed by atoms with E-state index in [1.54, 1.807) is 11.4 Å². The molecule has 0 bridgehead atoms. The summed E-state index contributed by atoms with van der Waals surface area (Å²) in [5, 5.41) is 0. The van der Waals surface area contributed by atoms with Gasteiger partial charge in [-0.25, -0.2) is 4.79 Å². The molecule has 2 amide bonds. The summed E-state index contributed by atoms with van der Waals surface area (Å²) in [6.45, 7) is 3.65. The quantitative estimate of drug-likeness (QED) is 0.674. The number of urea groups is 1. The Balaban J connectivity index is 2.46. The standard InChI is InChI=1S/C9H17N2O/c1-2-11(9(10)12)8-6-4-3-5-7-8/h2,8H,3-7H2,1H3,(H2,10,12).